The number of fused-ring (bicyclic) bond motifs is 15. The molecule has 0 saturated heterocycles. The lowest BCUT2D eigenvalue weighted by molar-refractivity contribution is -0.140. The van der Waals surface area contributed by atoms with Crippen molar-refractivity contribution >= 4 is 168 Å². The number of carbonyl (C=O) groups excluding carboxylic acids is 5. The Bertz CT molecular complexity index is 8850. The fourth-order valence-electron chi connectivity index (χ4n) is 19.1. The molecule has 15 aromatic carbocycles. The van der Waals surface area contributed by atoms with Crippen LogP contribution in [0.25, 0.3) is 109 Å². The summed E-state index contributed by atoms with van der Waals surface area (Å²) >= 11 is 0. The molecule has 20 aromatic rings. The molecule has 0 aliphatic rings. The number of benzene rings is 15. The number of amides is 5. The highest BCUT2D eigenvalue weighted by Gasteiger charge is 2.29. The predicted octanol–water partition coefficient (Wildman–Crippen LogP) is 18.0. The molecule has 0 aliphatic carbocycles. The zero-order valence-corrected chi connectivity index (χ0v) is 80.2. The third kappa shape index (κ3) is 21.4. The van der Waals surface area contributed by atoms with Crippen molar-refractivity contribution in [3.63, 3.8) is 0 Å². The van der Waals surface area contributed by atoms with Crippen LogP contribution in [0, 0.1) is 50.4 Å². The minimum absolute atomic E-state index is 0.316. The second-order valence-corrected chi connectivity index (χ2v) is 34.9. The molecular weight excluding hydrogens is 1880 g/mol. The SMILES string of the molecule is Cc1cc(C)cc(Cn2c3cccc(OCC(=O)O)c3c3c(C(N)=O)cccc32)c1.Cc1cccc(Cn2c3cccc(OCC(=O)O)c3c3c(C(N)=O)cccc32)c1.Cc1ccccc1Cn1c2cccc(OCC(=O)O)c2c2c(C(N)=O)cccc21.N#Cc1cccc(Cn2c3cccc(OCC(=O)O)c3c3c(C(N)=O)cccc32)c1.N#Cc1ccccc1Cn1c2cccc(OCC(=O)O)c2c2c(C(N)=O)cccc21. The van der Waals surface area contributed by atoms with Crippen molar-refractivity contribution in [2.45, 2.75) is 60.4 Å². The van der Waals surface area contributed by atoms with Gasteiger partial charge in [0.2, 0.25) is 29.5 Å². The summed E-state index contributed by atoms with van der Waals surface area (Å²) in [6, 6.07) is 95.3. The fourth-order valence-corrected chi connectivity index (χ4v) is 19.1. The number of primary amides is 5. The minimum Gasteiger partial charge on any atom is -0.481 e. The van der Waals surface area contributed by atoms with E-state index in [0.717, 1.165) is 94.1 Å². The molecule has 0 fully saturated rings. The number of aliphatic carboxylic acids is 5. The topological polar surface area (TPSA) is 520 Å². The van der Waals surface area contributed by atoms with E-state index in [4.69, 9.17) is 77.9 Å². The van der Waals surface area contributed by atoms with Crippen LogP contribution in [-0.4, -0.2) is 141 Å². The summed E-state index contributed by atoms with van der Waals surface area (Å²) in [6.45, 7) is 8.39. The van der Waals surface area contributed by atoms with Crippen molar-refractivity contribution in [1.29, 1.82) is 10.5 Å². The second kappa shape index (κ2) is 44.0. The molecule has 32 heteroatoms. The molecule has 0 radical (unpaired) electrons. The second-order valence-electron chi connectivity index (χ2n) is 34.9. The van der Waals surface area contributed by atoms with Crippen LogP contribution in [0.2, 0.25) is 0 Å². The number of carboxylic acids is 5. The maximum absolute atomic E-state index is 12.2. The first-order valence-corrected chi connectivity index (χ1v) is 46.3. The van der Waals surface area contributed by atoms with E-state index in [2.05, 4.69) is 83.0 Å². The van der Waals surface area contributed by atoms with Gasteiger partial charge in [0, 0.05) is 87.5 Å². The van der Waals surface area contributed by atoms with Crippen molar-refractivity contribution in [3.05, 3.63) is 386 Å². The summed E-state index contributed by atoms with van der Waals surface area (Å²) in [7, 11) is 0. The fraction of sp³-hybridized carbons (Fsp3) is 0.121. The number of aryl methyl sites for hydroxylation is 4. The summed E-state index contributed by atoms with van der Waals surface area (Å²) in [5.41, 5.74) is 48.9. The maximum atomic E-state index is 12.2. The Morgan fingerprint density at radius 2 is 0.500 bits per heavy atom. The molecule has 0 aliphatic heterocycles. The molecule has 0 atom stereocenters. The van der Waals surface area contributed by atoms with Gasteiger partial charge in [-0.1, -0.05) is 174 Å². The van der Waals surface area contributed by atoms with Crippen LogP contribution in [0.4, 0.5) is 0 Å². The Kier molecular flexibility index (Phi) is 30.0. The number of nitrogens with two attached hydrogens (primary N) is 5. The number of ether oxygens (including phenoxy) is 5. The Morgan fingerprint density at radius 1 is 0.250 bits per heavy atom. The van der Waals surface area contributed by atoms with Gasteiger partial charge in [-0.2, -0.15) is 10.5 Å². The predicted molar refractivity (Wildman–Crippen MR) is 562 cm³/mol. The summed E-state index contributed by atoms with van der Waals surface area (Å²) in [5, 5.41) is 70.3. The molecule has 15 N–H and O–H groups in total. The highest BCUT2D eigenvalue weighted by atomic mass is 16.5. The van der Waals surface area contributed by atoms with Gasteiger partial charge in [0.15, 0.2) is 33.0 Å². The van der Waals surface area contributed by atoms with Crippen LogP contribution in [0.5, 0.6) is 28.7 Å². The average molecular weight is 1980 g/mol. The lowest BCUT2D eigenvalue weighted by atomic mass is 10.1. The molecule has 740 valence electrons. The van der Waals surface area contributed by atoms with Crippen LogP contribution in [0.1, 0.15) is 113 Å². The Morgan fingerprint density at radius 3 is 0.791 bits per heavy atom. The van der Waals surface area contributed by atoms with Gasteiger partial charge in [-0.25, -0.2) is 24.0 Å². The number of carbonyl (C=O) groups is 10. The number of rotatable bonds is 30. The van der Waals surface area contributed by atoms with E-state index in [9.17, 15) is 58.5 Å². The largest absolute Gasteiger partial charge is 0.481 e. The number of nitriles is 2. The number of carboxylic acid groups (broad SMARTS) is 5. The Labute approximate surface area is 843 Å². The molecule has 5 aromatic heterocycles. The number of nitrogens with zero attached hydrogens (tertiary/aromatic N) is 7. The van der Waals surface area contributed by atoms with Gasteiger partial charge >= 0.3 is 29.8 Å². The van der Waals surface area contributed by atoms with Gasteiger partial charge in [-0.15, -0.1) is 0 Å². The smallest absolute Gasteiger partial charge is 0.341 e. The van der Waals surface area contributed by atoms with Crippen molar-refractivity contribution in [2.24, 2.45) is 28.7 Å². The Balaban J connectivity index is 0.000000132. The molecule has 148 heavy (non-hydrogen) atoms. The number of hydrogen-bond donors (Lipinski definition) is 10. The normalized spacial score (nSPS) is 11.0. The third-order valence-corrected chi connectivity index (χ3v) is 25.0. The lowest BCUT2D eigenvalue weighted by Gasteiger charge is -2.11. The first-order valence-electron chi connectivity index (χ1n) is 46.3. The zero-order valence-electron chi connectivity index (χ0n) is 80.2. The molecular formula is C116H96N12O20. The van der Waals surface area contributed by atoms with E-state index in [1.165, 1.54) is 11.1 Å². The summed E-state index contributed by atoms with van der Waals surface area (Å²) < 4.78 is 38.0. The van der Waals surface area contributed by atoms with Crippen molar-refractivity contribution in [1.82, 2.24) is 22.8 Å². The van der Waals surface area contributed by atoms with Crippen LogP contribution < -0.4 is 52.4 Å². The lowest BCUT2D eigenvalue weighted by Crippen LogP contribution is -2.11. The first kappa shape index (κ1) is 101. The summed E-state index contributed by atoms with van der Waals surface area (Å²) in [6.07, 6.45) is 0. The highest BCUT2D eigenvalue weighted by molar-refractivity contribution is 6.24. The van der Waals surface area contributed by atoms with Crippen LogP contribution in [-0.2, 0) is 56.7 Å². The van der Waals surface area contributed by atoms with Gasteiger partial charge < -0.3 is 101 Å². The van der Waals surface area contributed by atoms with Crippen molar-refractivity contribution in [3.8, 4) is 40.9 Å². The highest BCUT2D eigenvalue weighted by Crippen LogP contribution is 2.45. The molecule has 20 rings (SSSR count). The standard InChI is InChI=1S/C24H22N2O4.2C23H17N3O4.2C23H20N2O4/c1-14-9-15(2)11-16(10-14)12-26-18-6-3-5-17(24(25)29)22(18)23-19(26)7-4-8-20(23)30-13-21(27)28;24-11-14-4-1-5-15(10-14)12-26-17-7-2-6-16(23(25)29)21(17)22-18(26)8-3-9-19(22)30-13-20(27)28;24-11-14-5-1-2-6-15(14)12-26-17-8-3-7-16(23(25)29)21(17)22-18(26)9-4-10-19(22)30-13-20(27)28;1-14-5-2-6-15(11-14)12-25-17-8-3-7-16(23(24)28)21(17)22-18(25)9-4-10-19(22)29-13-20(26)27;1-14-6-2-3-7-15(14)12-25-17-9-4-8-16(23(24)28)21(17)22-18(25)10-5-11-19(22)29-13-20(26)27/h3-11H,12-13H2,1-2H3,(H2,25,29)(H,27,28);2*1-10H,12-13H2,(H2,25,29)(H,27,28);2*2-11H,12-13H2,1H3,(H2,24,28)(H,26,27). The molecule has 0 bridgehead atoms. The molecule has 5 amide bonds. The van der Waals surface area contributed by atoms with E-state index in [0.29, 0.717) is 154 Å². The van der Waals surface area contributed by atoms with Crippen LogP contribution >= 0.6 is 0 Å². The maximum Gasteiger partial charge on any atom is 0.341 e. The third-order valence-electron chi connectivity index (χ3n) is 25.0. The quantitative estimate of drug-likeness (QED) is 0.0200. The van der Waals surface area contributed by atoms with Gasteiger partial charge in [-0.05, 0) is 201 Å². The van der Waals surface area contributed by atoms with E-state index < -0.39 is 92.4 Å². The molecule has 32 nitrogen and oxygen atoms in total. The van der Waals surface area contributed by atoms with Crippen LogP contribution in [0.3, 0.4) is 0 Å². The van der Waals surface area contributed by atoms with Crippen molar-refractivity contribution in [2.75, 3.05) is 33.0 Å². The van der Waals surface area contributed by atoms with Gasteiger partial charge in [0.1, 0.15) is 28.7 Å². The van der Waals surface area contributed by atoms with Gasteiger partial charge in [0.05, 0.1) is 105 Å². The molecule has 5 heterocycles. The van der Waals surface area contributed by atoms with E-state index in [1.54, 1.807) is 127 Å². The zero-order chi connectivity index (χ0) is 105. The minimum atomic E-state index is -1.10. The van der Waals surface area contributed by atoms with Gasteiger partial charge in [0.25, 0.3) is 0 Å². The molecule has 0 unspecified atom stereocenters. The summed E-state index contributed by atoms with van der Waals surface area (Å²) in [5.74, 6) is -6.28. The van der Waals surface area contributed by atoms with Crippen LogP contribution in [0.15, 0.2) is 297 Å². The van der Waals surface area contributed by atoms with E-state index in [-0.39, 0.29) is 0 Å². The Hall–Kier alpha value is -20.0. The number of hydrogen-bond acceptors (Lipinski definition) is 17. The van der Waals surface area contributed by atoms with E-state index >= 15 is 0 Å². The summed E-state index contributed by atoms with van der Waals surface area (Å²) in [4.78, 5) is 116. The van der Waals surface area contributed by atoms with E-state index in [1.807, 2.05) is 150 Å². The molecule has 0 saturated carbocycles. The first-order chi connectivity index (χ1) is 71.3. The number of aromatic nitrogens is 5. The van der Waals surface area contributed by atoms with Crippen molar-refractivity contribution < 1.29 is 97.2 Å². The monoisotopic (exact) mass is 1980 g/mol. The van der Waals surface area contributed by atoms with Gasteiger partial charge in [-0.3, -0.25) is 24.0 Å². The molecule has 0 spiro atoms. The average Bonchev–Trinajstić information content (AvgIpc) is 1.61.